The van der Waals surface area contributed by atoms with Gasteiger partial charge in [-0.05, 0) is 61.7 Å². The van der Waals surface area contributed by atoms with Gasteiger partial charge in [0, 0.05) is 19.2 Å². The SMILES string of the molecule is COCCN1C(=O)C(=O)/C(=C(\O)c2ccc(OCC(C)C)cc2)C1c1cccc(OC(C)C)c1. The molecule has 0 saturated carbocycles. The van der Waals surface area contributed by atoms with Gasteiger partial charge in [0.2, 0.25) is 0 Å². The van der Waals surface area contributed by atoms with E-state index in [2.05, 4.69) is 13.8 Å². The van der Waals surface area contributed by atoms with Crippen LogP contribution in [-0.4, -0.2) is 54.7 Å². The van der Waals surface area contributed by atoms with Gasteiger partial charge in [-0.15, -0.1) is 0 Å². The van der Waals surface area contributed by atoms with Gasteiger partial charge < -0.3 is 24.2 Å². The normalized spacial score (nSPS) is 17.6. The van der Waals surface area contributed by atoms with E-state index in [1.807, 2.05) is 32.0 Å². The molecule has 7 heteroatoms. The van der Waals surface area contributed by atoms with E-state index in [-0.39, 0.29) is 30.6 Å². The van der Waals surface area contributed by atoms with Gasteiger partial charge in [0.05, 0.1) is 30.9 Å². The van der Waals surface area contributed by atoms with E-state index in [0.29, 0.717) is 35.2 Å². The van der Waals surface area contributed by atoms with Crippen LogP contribution in [0.1, 0.15) is 44.9 Å². The third kappa shape index (κ3) is 5.78. The van der Waals surface area contributed by atoms with Crippen molar-refractivity contribution in [1.29, 1.82) is 0 Å². The van der Waals surface area contributed by atoms with Gasteiger partial charge in [-0.3, -0.25) is 9.59 Å². The largest absolute Gasteiger partial charge is 0.507 e. The van der Waals surface area contributed by atoms with E-state index < -0.39 is 17.7 Å². The first-order valence-corrected chi connectivity index (χ1v) is 11.5. The molecular weight excluding hydrogens is 434 g/mol. The first-order valence-electron chi connectivity index (χ1n) is 11.5. The number of rotatable bonds is 10. The Hall–Kier alpha value is -3.32. The van der Waals surface area contributed by atoms with Crippen LogP contribution in [0, 0.1) is 5.92 Å². The molecule has 1 aliphatic heterocycles. The van der Waals surface area contributed by atoms with Crippen molar-refractivity contribution in [3.63, 3.8) is 0 Å². The second kappa shape index (κ2) is 11.2. The summed E-state index contributed by atoms with van der Waals surface area (Å²) in [7, 11) is 1.53. The summed E-state index contributed by atoms with van der Waals surface area (Å²) in [5.41, 5.74) is 1.15. The Balaban J connectivity index is 2.04. The number of aliphatic hydroxyl groups excluding tert-OH is 1. The highest BCUT2D eigenvalue weighted by molar-refractivity contribution is 6.46. The van der Waals surface area contributed by atoms with Crippen molar-refractivity contribution in [2.24, 2.45) is 5.92 Å². The van der Waals surface area contributed by atoms with Gasteiger partial charge in [-0.2, -0.15) is 0 Å². The average molecular weight is 468 g/mol. The summed E-state index contributed by atoms with van der Waals surface area (Å²) in [4.78, 5) is 27.4. The van der Waals surface area contributed by atoms with Crippen molar-refractivity contribution in [3.8, 4) is 11.5 Å². The Bertz CT molecular complexity index is 1040. The van der Waals surface area contributed by atoms with Crippen LogP contribution in [0.2, 0.25) is 0 Å². The molecule has 0 spiro atoms. The maximum Gasteiger partial charge on any atom is 0.295 e. The second-order valence-electron chi connectivity index (χ2n) is 8.95. The summed E-state index contributed by atoms with van der Waals surface area (Å²) < 4.78 is 16.7. The quantitative estimate of drug-likeness (QED) is 0.313. The summed E-state index contributed by atoms with van der Waals surface area (Å²) in [6, 6.07) is 13.3. The lowest BCUT2D eigenvalue weighted by atomic mass is 9.95. The number of amides is 1. The van der Waals surface area contributed by atoms with Crippen LogP contribution < -0.4 is 9.47 Å². The van der Waals surface area contributed by atoms with Crippen LogP contribution in [-0.2, 0) is 14.3 Å². The third-order valence-electron chi connectivity index (χ3n) is 5.33. The van der Waals surface area contributed by atoms with Crippen molar-refractivity contribution in [3.05, 3.63) is 65.2 Å². The average Bonchev–Trinajstić information content (AvgIpc) is 3.06. The minimum Gasteiger partial charge on any atom is -0.507 e. The minimum atomic E-state index is -0.761. The summed E-state index contributed by atoms with van der Waals surface area (Å²) in [6.45, 7) is 9.00. The third-order valence-corrected chi connectivity index (χ3v) is 5.33. The van der Waals surface area contributed by atoms with Crippen LogP contribution in [0.15, 0.2) is 54.1 Å². The van der Waals surface area contributed by atoms with Gasteiger partial charge >= 0.3 is 0 Å². The molecule has 1 aliphatic rings. The molecule has 3 rings (SSSR count). The van der Waals surface area contributed by atoms with Crippen LogP contribution in [0.4, 0.5) is 0 Å². The standard InChI is InChI=1S/C27H33NO6/c1-17(2)16-33-21-11-9-19(10-12-21)25(29)23-24(28(13-14-32-5)27(31)26(23)30)20-7-6-8-22(15-20)34-18(3)4/h6-12,15,17-18,24,29H,13-14,16H2,1-5H3/b25-23-. The molecule has 1 fully saturated rings. The van der Waals surface area contributed by atoms with E-state index >= 15 is 0 Å². The van der Waals surface area contributed by atoms with Gasteiger partial charge in [0.25, 0.3) is 11.7 Å². The molecular formula is C27H33NO6. The maximum absolute atomic E-state index is 13.1. The van der Waals surface area contributed by atoms with E-state index in [9.17, 15) is 14.7 Å². The monoisotopic (exact) mass is 467 g/mol. The molecule has 1 unspecified atom stereocenters. The number of likely N-dealkylation sites (tertiary alicyclic amines) is 1. The van der Waals surface area contributed by atoms with E-state index in [4.69, 9.17) is 14.2 Å². The number of ether oxygens (including phenoxy) is 3. The highest BCUT2D eigenvalue weighted by Gasteiger charge is 2.46. The molecule has 182 valence electrons. The van der Waals surface area contributed by atoms with Crippen molar-refractivity contribution >= 4 is 17.4 Å². The minimum absolute atomic E-state index is 0.0356. The first-order chi connectivity index (χ1) is 16.2. The summed E-state index contributed by atoms with van der Waals surface area (Å²) in [6.07, 6.45) is -0.0356. The summed E-state index contributed by atoms with van der Waals surface area (Å²) in [5.74, 6) is 0.0439. The maximum atomic E-state index is 13.1. The number of carbonyl (C=O) groups is 2. The fraction of sp³-hybridized carbons (Fsp3) is 0.407. The zero-order chi connectivity index (χ0) is 24.8. The molecule has 1 N–H and O–H groups in total. The number of hydrogen-bond acceptors (Lipinski definition) is 6. The number of benzene rings is 2. The number of hydrogen-bond donors (Lipinski definition) is 1. The van der Waals surface area contributed by atoms with Crippen molar-refractivity contribution < 1.29 is 28.9 Å². The number of methoxy groups -OCH3 is 1. The number of ketones is 1. The molecule has 1 saturated heterocycles. The van der Waals surface area contributed by atoms with Crippen molar-refractivity contribution in [2.75, 3.05) is 26.9 Å². The van der Waals surface area contributed by atoms with Crippen molar-refractivity contribution in [2.45, 2.75) is 39.8 Å². The van der Waals surface area contributed by atoms with Crippen LogP contribution >= 0.6 is 0 Å². The highest BCUT2D eigenvalue weighted by atomic mass is 16.5. The van der Waals surface area contributed by atoms with Crippen LogP contribution in [0.25, 0.3) is 5.76 Å². The van der Waals surface area contributed by atoms with E-state index in [1.54, 1.807) is 30.3 Å². The van der Waals surface area contributed by atoms with Crippen molar-refractivity contribution in [1.82, 2.24) is 4.90 Å². The lowest BCUT2D eigenvalue weighted by molar-refractivity contribution is -0.140. The van der Waals surface area contributed by atoms with Gasteiger partial charge in [-0.25, -0.2) is 0 Å². The Labute approximate surface area is 200 Å². The number of aliphatic hydroxyl groups is 1. The molecule has 0 radical (unpaired) electrons. The molecule has 1 amide bonds. The Kier molecular flexibility index (Phi) is 8.34. The number of nitrogens with zero attached hydrogens (tertiary/aromatic N) is 1. The molecule has 0 bridgehead atoms. The summed E-state index contributed by atoms with van der Waals surface area (Å²) in [5, 5.41) is 11.2. The number of carbonyl (C=O) groups excluding carboxylic acids is 2. The molecule has 2 aromatic rings. The highest BCUT2D eigenvalue weighted by Crippen LogP contribution is 2.40. The predicted octanol–water partition coefficient (Wildman–Crippen LogP) is 4.58. The first kappa shape index (κ1) is 25.3. The molecule has 0 aliphatic carbocycles. The zero-order valence-electron chi connectivity index (χ0n) is 20.4. The Morgan fingerprint density at radius 2 is 1.74 bits per heavy atom. The predicted molar refractivity (Wildman–Crippen MR) is 130 cm³/mol. The molecule has 2 aromatic carbocycles. The van der Waals surface area contributed by atoms with Gasteiger partial charge in [-0.1, -0.05) is 26.0 Å². The Morgan fingerprint density at radius 3 is 2.35 bits per heavy atom. The van der Waals surface area contributed by atoms with E-state index in [1.165, 1.54) is 12.0 Å². The summed E-state index contributed by atoms with van der Waals surface area (Å²) >= 11 is 0. The number of Topliss-reactive ketones (excluding diaryl/α,β-unsaturated/α-hetero) is 1. The second-order valence-corrected chi connectivity index (χ2v) is 8.95. The fourth-order valence-corrected chi connectivity index (χ4v) is 3.80. The molecule has 0 aromatic heterocycles. The van der Waals surface area contributed by atoms with E-state index in [0.717, 1.165) is 0 Å². The lowest BCUT2D eigenvalue weighted by Gasteiger charge is -2.25. The lowest BCUT2D eigenvalue weighted by Crippen LogP contribution is -2.32. The fourth-order valence-electron chi connectivity index (χ4n) is 3.80. The zero-order valence-corrected chi connectivity index (χ0v) is 20.4. The van der Waals surface area contributed by atoms with Crippen LogP contribution in [0.5, 0.6) is 11.5 Å². The molecule has 34 heavy (non-hydrogen) atoms. The molecule has 1 atom stereocenters. The van der Waals surface area contributed by atoms with Gasteiger partial charge in [0.15, 0.2) is 0 Å². The van der Waals surface area contributed by atoms with Gasteiger partial charge in [0.1, 0.15) is 17.3 Å². The molecule has 7 nitrogen and oxygen atoms in total. The smallest absolute Gasteiger partial charge is 0.295 e. The topological polar surface area (TPSA) is 85.3 Å². The molecule has 1 heterocycles. The van der Waals surface area contributed by atoms with Crippen LogP contribution in [0.3, 0.4) is 0 Å². The Morgan fingerprint density at radius 1 is 1.03 bits per heavy atom.